The van der Waals surface area contributed by atoms with Crippen LogP contribution in [0.2, 0.25) is 0 Å². The first-order valence-electron chi connectivity index (χ1n) is 4.91. The van der Waals surface area contributed by atoms with Crippen LogP contribution in [-0.2, 0) is 0 Å². The van der Waals surface area contributed by atoms with Gasteiger partial charge in [-0.1, -0.05) is 6.07 Å². The van der Waals surface area contributed by atoms with E-state index in [4.69, 9.17) is 0 Å². The van der Waals surface area contributed by atoms with Gasteiger partial charge in [-0.15, -0.1) is 0 Å². The smallest absolute Gasteiger partial charge is 0.320 e. The summed E-state index contributed by atoms with van der Waals surface area (Å²) in [6.45, 7) is 1.96. The number of anilines is 1. The van der Waals surface area contributed by atoms with Gasteiger partial charge in [0.15, 0.2) is 0 Å². The van der Waals surface area contributed by atoms with Crippen molar-refractivity contribution < 1.29 is 4.79 Å². The lowest BCUT2D eigenvalue weighted by atomic mass is 10.2. The SMILES string of the molecule is Cc1ccc(NC(=O)c2c[nH]c(=O)[nH]2)c(Br)c1. The fraction of sp³-hybridized carbons (Fsp3) is 0.0909. The van der Waals surface area contributed by atoms with Crippen LogP contribution in [0.1, 0.15) is 16.1 Å². The number of nitrogens with one attached hydrogen (secondary N) is 3. The highest BCUT2D eigenvalue weighted by Crippen LogP contribution is 2.23. The molecule has 2 aromatic rings. The number of carbonyl (C=O) groups is 1. The van der Waals surface area contributed by atoms with Gasteiger partial charge in [0, 0.05) is 10.7 Å². The van der Waals surface area contributed by atoms with Crippen LogP contribution in [-0.4, -0.2) is 15.9 Å². The van der Waals surface area contributed by atoms with Gasteiger partial charge >= 0.3 is 5.69 Å². The summed E-state index contributed by atoms with van der Waals surface area (Å²) in [7, 11) is 0. The molecule has 0 atom stereocenters. The van der Waals surface area contributed by atoms with Gasteiger partial charge in [0.1, 0.15) is 5.69 Å². The van der Waals surface area contributed by atoms with Crippen LogP contribution in [0.25, 0.3) is 0 Å². The molecule has 2 rings (SSSR count). The first kappa shape index (κ1) is 11.7. The van der Waals surface area contributed by atoms with E-state index in [0.29, 0.717) is 5.69 Å². The summed E-state index contributed by atoms with van der Waals surface area (Å²) in [5.41, 5.74) is 1.54. The van der Waals surface area contributed by atoms with E-state index >= 15 is 0 Å². The highest BCUT2D eigenvalue weighted by atomic mass is 79.9. The summed E-state index contributed by atoms with van der Waals surface area (Å²) < 4.78 is 0.795. The molecule has 88 valence electrons. The van der Waals surface area contributed by atoms with Crippen LogP contribution in [0.4, 0.5) is 5.69 Å². The van der Waals surface area contributed by atoms with Crippen LogP contribution >= 0.6 is 15.9 Å². The second-order valence-corrected chi connectivity index (χ2v) is 4.45. The van der Waals surface area contributed by atoms with Gasteiger partial charge in [-0.3, -0.25) is 4.79 Å². The van der Waals surface area contributed by atoms with Crippen molar-refractivity contribution in [1.82, 2.24) is 9.97 Å². The molecule has 17 heavy (non-hydrogen) atoms. The number of hydrogen-bond donors (Lipinski definition) is 3. The highest BCUT2D eigenvalue weighted by Gasteiger charge is 2.09. The van der Waals surface area contributed by atoms with Crippen molar-refractivity contribution in [1.29, 1.82) is 0 Å². The predicted molar refractivity (Wildman–Crippen MR) is 68.2 cm³/mol. The lowest BCUT2D eigenvalue weighted by molar-refractivity contribution is 0.102. The second-order valence-electron chi connectivity index (χ2n) is 3.59. The Kier molecular flexibility index (Phi) is 3.14. The number of amides is 1. The third kappa shape index (κ3) is 2.65. The topological polar surface area (TPSA) is 77.8 Å². The standard InChI is InChI=1S/C11H10BrN3O2/c1-6-2-3-8(7(12)4-6)14-10(16)9-5-13-11(17)15-9/h2-5H,1H3,(H,14,16)(H2,13,15,17). The molecule has 0 spiro atoms. The van der Waals surface area contributed by atoms with E-state index in [-0.39, 0.29) is 11.6 Å². The quantitative estimate of drug-likeness (QED) is 0.793. The van der Waals surface area contributed by atoms with Crippen LogP contribution in [0.15, 0.2) is 33.7 Å². The summed E-state index contributed by atoms with van der Waals surface area (Å²) in [4.78, 5) is 27.4. The maximum absolute atomic E-state index is 11.7. The van der Waals surface area contributed by atoms with Crippen molar-refractivity contribution in [2.45, 2.75) is 6.92 Å². The minimum atomic E-state index is -0.405. The van der Waals surface area contributed by atoms with Gasteiger partial charge in [0.05, 0.1) is 5.69 Å². The number of aryl methyl sites for hydroxylation is 1. The van der Waals surface area contributed by atoms with Crippen molar-refractivity contribution in [3.8, 4) is 0 Å². The van der Waals surface area contributed by atoms with Crippen molar-refractivity contribution in [3.05, 3.63) is 50.6 Å². The number of H-pyrrole nitrogens is 2. The molecule has 0 aliphatic carbocycles. The first-order chi connectivity index (χ1) is 8.06. The van der Waals surface area contributed by atoms with Crippen molar-refractivity contribution in [2.75, 3.05) is 5.32 Å². The number of aromatic nitrogens is 2. The van der Waals surface area contributed by atoms with Gasteiger partial charge < -0.3 is 15.3 Å². The molecule has 6 heteroatoms. The number of benzene rings is 1. The predicted octanol–water partition coefficient (Wildman–Crippen LogP) is 2.03. The van der Waals surface area contributed by atoms with Crippen LogP contribution < -0.4 is 11.0 Å². The van der Waals surface area contributed by atoms with Crippen LogP contribution in [0.3, 0.4) is 0 Å². The molecule has 1 aromatic carbocycles. The molecule has 0 bridgehead atoms. The van der Waals surface area contributed by atoms with Gasteiger partial charge in [-0.2, -0.15) is 0 Å². The molecule has 1 heterocycles. The largest absolute Gasteiger partial charge is 0.323 e. The second kappa shape index (κ2) is 4.58. The molecule has 0 fully saturated rings. The Hall–Kier alpha value is -1.82. The summed E-state index contributed by atoms with van der Waals surface area (Å²) >= 11 is 3.36. The molecule has 0 unspecified atom stereocenters. The van der Waals surface area contributed by atoms with Crippen LogP contribution in [0.5, 0.6) is 0 Å². The molecule has 0 aliphatic rings. The monoisotopic (exact) mass is 295 g/mol. The van der Waals surface area contributed by atoms with E-state index in [0.717, 1.165) is 10.0 Å². The Labute approximate surface area is 105 Å². The molecular formula is C11H10BrN3O2. The number of aromatic amines is 2. The first-order valence-corrected chi connectivity index (χ1v) is 5.71. The average Bonchev–Trinajstić information content (AvgIpc) is 2.69. The minimum Gasteiger partial charge on any atom is -0.320 e. The third-order valence-electron chi connectivity index (χ3n) is 2.21. The summed E-state index contributed by atoms with van der Waals surface area (Å²) in [6, 6.07) is 5.58. The number of halogens is 1. The highest BCUT2D eigenvalue weighted by molar-refractivity contribution is 9.10. The third-order valence-corrected chi connectivity index (χ3v) is 2.87. The van der Waals surface area contributed by atoms with Crippen molar-refractivity contribution in [2.24, 2.45) is 0 Å². The van der Waals surface area contributed by atoms with Crippen molar-refractivity contribution in [3.63, 3.8) is 0 Å². The molecule has 3 N–H and O–H groups in total. The Morgan fingerprint density at radius 3 is 2.76 bits per heavy atom. The zero-order valence-corrected chi connectivity index (χ0v) is 10.6. The lowest BCUT2D eigenvalue weighted by Gasteiger charge is -2.06. The minimum absolute atomic E-state index is 0.197. The van der Waals surface area contributed by atoms with E-state index in [1.165, 1.54) is 6.20 Å². The lowest BCUT2D eigenvalue weighted by Crippen LogP contribution is -2.14. The Bertz CT molecular complexity index is 615. The fourth-order valence-electron chi connectivity index (χ4n) is 1.37. The summed E-state index contributed by atoms with van der Waals surface area (Å²) in [5, 5.41) is 2.69. The molecule has 0 saturated carbocycles. The Morgan fingerprint density at radius 2 is 2.18 bits per heavy atom. The molecular weight excluding hydrogens is 286 g/mol. The maximum Gasteiger partial charge on any atom is 0.323 e. The number of hydrogen-bond acceptors (Lipinski definition) is 2. The van der Waals surface area contributed by atoms with E-state index in [2.05, 4.69) is 31.2 Å². The molecule has 5 nitrogen and oxygen atoms in total. The molecule has 0 saturated heterocycles. The van der Waals surface area contributed by atoms with Crippen LogP contribution in [0, 0.1) is 6.92 Å². The van der Waals surface area contributed by atoms with Gasteiger partial charge in [0.25, 0.3) is 5.91 Å². The average molecular weight is 296 g/mol. The number of rotatable bonds is 2. The summed E-state index contributed by atoms with van der Waals surface area (Å²) in [5.74, 6) is -0.368. The molecule has 0 aliphatic heterocycles. The zero-order chi connectivity index (χ0) is 12.4. The number of carbonyl (C=O) groups excluding carboxylic acids is 1. The van der Waals surface area contributed by atoms with Crippen molar-refractivity contribution >= 4 is 27.5 Å². The fourth-order valence-corrected chi connectivity index (χ4v) is 1.96. The molecule has 1 aromatic heterocycles. The zero-order valence-electron chi connectivity index (χ0n) is 9.00. The normalized spacial score (nSPS) is 10.2. The van der Waals surface area contributed by atoms with Gasteiger partial charge in [-0.25, -0.2) is 4.79 Å². The Balaban J connectivity index is 2.21. The number of imidazole rings is 1. The Morgan fingerprint density at radius 1 is 1.41 bits per heavy atom. The van der Waals surface area contributed by atoms with E-state index in [1.807, 2.05) is 19.1 Å². The molecule has 0 radical (unpaired) electrons. The van der Waals surface area contributed by atoms with E-state index in [1.54, 1.807) is 6.07 Å². The molecule has 1 amide bonds. The van der Waals surface area contributed by atoms with Gasteiger partial charge in [0.2, 0.25) is 0 Å². The van der Waals surface area contributed by atoms with E-state index < -0.39 is 5.69 Å². The summed E-state index contributed by atoms with van der Waals surface area (Å²) in [6.07, 6.45) is 1.33. The van der Waals surface area contributed by atoms with Gasteiger partial charge in [-0.05, 0) is 40.5 Å². The maximum atomic E-state index is 11.7. The van der Waals surface area contributed by atoms with E-state index in [9.17, 15) is 9.59 Å².